The number of rotatable bonds is 5. The van der Waals surface area contributed by atoms with Crippen LogP contribution in [0, 0.1) is 0 Å². The van der Waals surface area contributed by atoms with Gasteiger partial charge in [-0.15, -0.1) is 0 Å². The van der Waals surface area contributed by atoms with E-state index < -0.39 is 0 Å². The lowest BCUT2D eigenvalue weighted by Crippen LogP contribution is -2.41. The van der Waals surface area contributed by atoms with Gasteiger partial charge >= 0.3 is 0 Å². The fourth-order valence-corrected chi connectivity index (χ4v) is 2.53. The van der Waals surface area contributed by atoms with Gasteiger partial charge in [0.25, 0.3) is 0 Å². The monoisotopic (exact) mass is 277 g/mol. The Hall–Kier alpha value is -1.13. The minimum Gasteiger partial charge on any atom is -0.361 e. The summed E-state index contributed by atoms with van der Waals surface area (Å²) in [5.74, 6) is 0. The summed E-state index contributed by atoms with van der Waals surface area (Å²) in [4.78, 5) is 2.51. The van der Waals surface area contributed by atoms with E-state index in [4.69, 9.17) is 12.2 Å². The van der Waals surface area contributed by atoms with Crippen molar-refractivity contribution >= 4 is 17.3 Å². The minimum absolute atomic E-state index is 0.751. The molecule has 1 aliphatic heterocycles. The second-order valence-corrected chi connectivity index (χ2v) is 5.41. The average molecular weight is 277 g/mol. The number of thiocarbonyl (C=S) groups is 1. The highest BCUT2D eigenvalue weighted by Crippen LogP contribution is 2.07. The molecule has 0 unspecified atom stereocenters. The normalized spacial score (nSPS) is 16.0. The van der Waals surface area contributed by atoms with Crippen molar-refractivity contribution in [2.24, 2.45) is 0 Å². The summed E-state index contributed by atoms with van der Waals surface area (Å²) < 4.78 is 0. The Bertz CT molecular complexity index is 374. The maximum Gasteiger partial charge on any atom is 0.166 e. The molecule has 0 spiro atoms. The standard InChI is InChI=1S/C15H23N3S/c19-15(17-13-14-7-3-1-4-8-14)16-9-12-18-10-5-2-6-11-18/h1,3-4,7-8H,2,5-6,9-13H2,(H2,16,17,19). The molecular weight excluding hydrogens is 254 g/mol. The van der Waals surface area contributed by atoms with Crippen molar-refractivity contribution in [3.8, 4) is 0 Å². The zero-order valence-electron chi connectivity index (χ0n) is 11.4. The summed E-state index contributed by atoms with van der Waals surface area (Å²) in [5.41, 5.74) is 1.25. The van der Waals surface area contributed by atoms with E-state index in [1.807, 2.05) is 18.2 Å². The highest BCUT2D eigenvalue weighted by molar-refractivity contribution is 7.80. The van der Waals surface area contributed by atoms with Crippen LogP contribution in [-0.2, 0) is 6.54 Å². The van der Waals surface area contributed by atoms with Crippen molar-refractivity contribution in [1.82, 2.24) is 15.5 Å². The van der Waals surface area contributed by atoms with Gasteiger partial charge in [-0.3, -0.25) is 0 Å². The molecule has 0 saturated carbocycles. The Morgan fingerprint density at radius 2 is 1.79 bits per heavy atom. The first-order valence-electron chi connectivity index (χ1n) is 7.12. The number of hydrogen-bond acceptors (Lipinski definition) is 2. The second-order valence-electron chi connectivity index (χ2n) is 5.00. The molecule has 19 heavy (non-hydrogen) atoms. The number of piperidine rings is 1. The van der Waals surface area contributed by atoms with Crippen molar-refractivity contribution < 1.29 is 0 Å². The summed E-state index contributed by atoms with van der Waals surface area (Å²) in [7, 11) is 0. The lowest BCUT2D eigenvalue weighted by Gasteiger charge is -2.26. The molecule has 3 nitrogen and oxygen atoms in total. The third-order valence-corrected chi connectivity index (χ3v) is 3.75. The lowest BCUT2D eigenvalue weighted by molar-refractivity contribution is 0.232. The van der Waals surface area contributed by atoms with Crippen molar-refractivity contribution in [1.29, 1.82) is 0 Å². The van der Waals surface area contributed by atoms with Crippen molar-refractivity contribution in [2.75, 3.05) is 26.2 Å². The van der Waals surface area contributed by atoms with Gasteiger partial charge in [-0.1, -0.05) is 36.8 Å². The molecule has 0 aromatic heterocycles. The van der Waals surface area contributed by atoms with Crippen LogP contribution < -0.4 is 10.6 Å². The van der Waals surface area contributed by atoms with Crippen molar-refractivity contribution in [2.45, 2.75) is 25.8 Å². The number of likely N-dealkylation sites (tertiary alicyclic amines) is 1. The Kier molecular flexibility index (Phi) is 6.11. The molecule has 0 atom stereocenters. The van der Waals surface area contributed by atoms with Gasteiger partial charge in [0.1, 0.15) is 0 Å². The molecule has 0 aliphatic carbocycles. The smallest absolute Gasteiger partial charge is 0.166 e. The molecule has 0 bridgehead atoms. The number of nitrogens with zero attached hydrogens (tertiary/aromatic N) is 1. The number of hydrogen-bond donors (Lipinski definition) is 2. The summed E-state index contributed by atoms with van der Waals surface area (Å²) >= 11 is 5.28. The number of benzene rings is 1. The van der Waals surface area contributed by atoms with Crippen LogP contribution in [0.25, 0.3) is 0 Å². The lowest BCUT2D eigenvalue weighted by atomic mass is 10.1. The van der Waals surface area contributed by atoms with Gasteiger partial charge in [0, 0.05) is 19.6 Å². The van der Waals surface area contributed by atoms with E-state index >= 15 is 0 Å². The van der Waals surface area contributed by atoms with E-state index in [1.165, 1.54) is 37.9 Å². The third-order valence-electron chi connectivity index (χ3n) is 3.46. The topological polar surface area (TPSA) is 27.3 Å². The molecular formula is C15H23N3S. The molecule has 1 aromatic rings. The number of nitrogens with one attached hydrogen (secondary N) is 2. The first-order valence-corrected chi connectivity index (χ1v) is 7.53. The molecule has 1 saturated heterocycles. The largest absolute Gasteiger partial charge is 0.361 e. The molecule has 2 rings (SSSR count). The van der Waals surface area contributed by atoms with Crippen molar-refractivity contribution in [3.05, 3.63) is 35.9 Å². The van der Waals surface area contributed by atoms with Gasteiger partial charge in [-0.2, -0.15) is 0 Å². The fourth-order valence-electron chi connectivity index (χ4n) is 2.35. The summed E-state index contributed by atoms with van der Waals surface area (Å²) in [6.45, 7) is 5.29. The summed E-state index contributed by atoms with van der Waals surface area (Å²) in [6, 6.07) is 10.3. The maximum atomic E-state index is 5.28. The highest BCUT2D eigenvalue weighted by Gasteiger charge is 2.08. The molecule has 1 heterocycles. The Morgan fingerprint density at radius 1 is 1.05 bits per heavy atom. The molecule has 1 fully saturated rings. The van der Waals surface area contributed by atoms with Gasteiger partial charge < -0.3 is 15.5 Å². The van der Waals surface area contributed by atoms with Gasteiger partial charge in [-0.25, -0.2) is 0 Å². The van der Waals surface area contributed by atoms with Crippen LogP contribution in [0.4, 0.5) is 0 Å². The first-order chi connectivity index (χ1) is 9.34. The average Bonchev–Trinajstić information content (AvgIpc) is 2.47. The van der Waals surface area contributed by atoms with E-state index in [1.54, 1.807) is 0 Å². The predicted molar refractivity (Wildman–Crippen MR) is 84.2 cm³/mol. The van der Waals surface area contributed by atoms with Gasteiger partial charge in [0.2, 0.25) is 0 Å². The molecule has 4 heteroatoms. The summed E-state index contributed by atoms with van der Waals surface area (Å²) in [5, 5.41) is 7.27. The van der Waals surface area contributed by atoms with E-state index in [9.17, 15) is 0 Å². The molecule has 104 valence electrons. The maximum absolute atomic E-state index is 5.28. The Balaban J connectivity index is 1.57. The minimum atomic E-state index is 0.751. The van der Waals surface area contributed by atoms with Crippen LogP contribution in [0.3, 0.4) is 0 Å². The van der Waals surface area contributed by atoms with E-state index in [2.05, 4.69) is 27.7 Å². The fraction of sp³-hybridized carbons (Fsp3) is 0.533. The predicted octanol–water partition coefficient (Wildman–Crippen LogP) is 2.14. The molecule has 1 aliphatic rings. The zero-order chi connectivity index (χ0) is 13.3. The van der Waals surface area contributed by atoms with Crippen LogP contribution in [0.2, 0.25) is 0 Å². The first kappa shape index (κ1) is 14.3. The zero-order valence-corrected chi connectivity index (χ0v) is 12.2. The van der Waals surface area contributed by atoms with E-state index in [0.717, 1.165) is 24.7 Å². The van der Waals surface area contributed by atoms with Crippen LogP contribution in [0.15, 0.2) is 30.3 Å². The van der Waals surface area contributed by atoms with E-state index in [0.29, 0.717) is 0 Å². The molecule has 0 radical (unpaired) electrons. The van der Waals surface area contributed by atoms with Crippen LogP contribution in [-0.4, -0.2) is 36.2 Å². The van der Waals surface area contributed by atoms with Gasteiger partial charge in [0.05, 0.1) is 0 Å². The Morgan fingerprint density at radius 3 is 2.53 bits per heavy atom. The molecule has 2 N–H and O–H groups in total. The second kappa shape index (κ2) is 8.12. The van der Waals surface area contributed by atoms with Crippen LogP contribution in [0.5, 0.6) is 0 Å². The van der Waals surface area contributed by atoms with Gasteiger partial charge in [0.15, 0.2) is 5.11 Å². The van der Waals surface area contributed by atoms with Crippen molar-refractivity contribution in [3.63, 3.8) is 0 Å². The summed E-state index contributed by atoms with van der Waals surface area (Å²) in [6.07, 6.45) is 4.08. The third kappa shape index (κ3) is 5.57. The SMILES string of the molecule is S=C(NCCN1CCCCC1)NCc1ccccc1. The van der Waals surface area contributed by atoms with Gasteiger partial charge in [-0.05, 0) is 43.7 Å². The molecule has 0 amide bonds. The Labute approximate surface area is 121 Å². The van der Waals surface area contributed by atoms with E-state index in [-0.39, 0.29) is 0 Å². The quantitative estimate of drug-likeness (QED) is 0.806. The van der Waals surface area contributed by atoms with Crippen LogP contribution >= 0.6 is 12.2 Å². The highest BCUT2D eigenvalue weighted by atomic mass is 32.1. The molecule has 1 aromatic carbocycles. The van der Waals surface area contributed by atoms with Crippen LogP contribution in [0.1, 0.15) is 24.8 Å².